The summed E-state index contributed by atoms with van der Waals surface area (Å²) in [5.41, 5.74) is 8.33. The molecule has 3 heterocycles. The quantitative estimate of drug-likeness (QED) is 0.226. The molecule has 0 fully saturated rings. The van der Waals surface area contributed by atoms with E-state index in [0.717, 1.165) is 72.0 Å². The molecule has 5 nitrogen and oxygen atoms in total. The van der Waals surface area contributed by atoms with Crippen molar-refractivity contribution in [3.63, 3.8) is 0 Å². The number of rotatable bonds is 4. The molecule has 1 unspecified atom stereocenters. The van der Waals surface area contributed by atoms with Crippen LogP contribution in [0.4, 0.5) is 0 Å². The van der Waals surface area contributed by atoms with E-state index in [1.54, 1.807) is 0 Å². The molecular weight excluding hydrogens is 552 g/mol. The van der Waals surface area contributed by atoms with E-state index in [0.29, 0.717) is 5.84 Å². The Labute approximate surface area is 259 Å². The molecule has 1 N–H and O–H groups in total. The minimum atomic E-state index is -0.430. The summed E-state index contributed by atoms with van der Waals surface area (Å²) >= 11 is 0. The van der Waals surface area contributed by atoms with Crippen LogP contribution < -0.4 is 5.32 Å². The topological polar surface area (TPSA) is 62.8 Å². The molecule has 0 radical (unpaired) electrons. The van der Waals surface area contributed by atoms with Crippen molar-refractivity contribution in [3.05, 3.63) is 162 Å². The molecule has 0 bridgehead atoms. The fourth-order valence-electron chi connectivity index (χ4n) is 6.29. The van der Waals surface area contributed by atoms with Gasteiger partial charge in [0.05, 0.1) is 10.9 Å². The first-order valence-electron chi connectivity index (χ1n) is 15.1. The van der Waals surface area contributed by atoms with E-state index in [2.05, 4.69) is 108 Å². The van der Waals surface area contributed by atoms with E-state index in [-0.39, 0.29) is 0 Å². The Hall–Kier alpha value is -6.07. The molecule has 0 aliphatic carbocycles. The van der Waals surface area contributed by atoms with Crippen molar-refractivity contribution in [1.29, 1.82) is 0 Å². The Balaban J connectivity index is 1.29. The number of hydrogen-bond acceptors (Lipinski definition) is 5. The molecule has 45 heavy (non-hydrogen) atoms. The Bertz CT molecular complexity index is 2460. The van der Waals surface area contributed by atoms with E-state index < -0.39 is 6.17 Å². The Morgan fingerprint density at radius 1 is 0.578 bits per heavy atom. The summed E-state index contributed by atoms with van der Waals surface area (Å²) in [6.07, 6.45) is -0.430. The van der Waals surface area contributed by atoms with Crippen LogP contribution in [0.15, 0.2) is 160 Å². The molecule has 0 saturated carbocycles. The average Bonchev–Trinajstić information content (AvgIpc) is 3.49. The number of furan rings is 1. The molecule has 1 aliphatic heterocycles. The van der Waals surface area contributed by atoms with Crippen molar-refractivity contribution >= 4 is 55.4 Å². The average molecular weight is 579 g/mol. The molecule has 6 aromatic carbocycles. The van der Waals surface area contributed by atoms with E-state index in [4.69, 9.17) is 19.4 Å². The van der Waals surface area contributed by atoms with Crippen LogP contribution in [0.5, 0.6) is 0 Å². The fraction of sp³-hybridized carbons (Fsp3) is 0.0250. The van der Waals surface area contributed by atoms with Crippen molar-refractivity contribution < 1.29 is 4.42 Å². The molecule has 2 aromatic heterocycles. The number of hydrogen-bond donors (Lipinski definition) is 1. The maximum atomic E-state index is 6.68. The van der Waals surface area contributed by atoms with E-state index in [1.807, 2.05) is 42.5 Å². The van der Waals surface area contributed by atoms with Crippen molar-refractivity contribution in [2.24, 2.45) is 9.98 Å². The largest absolute Gasteiger partial charge is 0.454 e. The van der Waals surface area contributed by atoms with Gasteiger partial charge in [0.25, 0.3) is 0 Å². The smallest absolute Gasteiger partial charge is 0.159 e. The van der Waals surface area contributed by atoms with Gasteiger partial charge in [-0.05, 0) is 34.5 Å². The van der Waals surface area contributed by atoms with E-state index in [1.165, 1.54) is 5.39 Å². The molecule has 9 rings (SSSR count). The van der Waals surface area contributed by atoms with Gasteiger partial charge in [-0.2, -0.15) is 0 Å². The minimum absolute atomic E-state index is 0.430. The third-order valence-corrected chi connectivity index (χ3v) is 8.50. The zero-order valence-corrected chi connectivity index (χ0v) is 24.2. The Morgan fingerprint density at radius 3 is 2.11 bits per heavy atom. The predicted octanol–water partition coefficient (Wildman–Crippen LogP) is 9.45. The first-order chi connectivity index (χ1) is 22.3. The van der Waals surface area contributed by atoms with Crippen LogP contribution in [-0.2, 0) is 0 Å². The van der Waals surface area contributed by atoms with Crippen molar-refractivity contribution in [2.45, 2.75) is 6.17 Å². The molecule has 0 amide bonds. The van der Waals surface area contributed by atoms with Crippen LogP contribution in [0.25, 0.3) is 54.9 Å². The molecule has 0 spiro atoms. The van der Waals surface area contributed by atoms with Gasteiger partial charge in [-0.15, -0.1) is 0 Å². The first kappa shape index (κ1) is 25.4. The third-order valence-electron chi connectivity index (χ3n) is 8.50. The highest BCUT2D eigenvalue weighted by Gasteiger charge is 2.26. The van der Waals surface area contributed by atoms with E-state index >= 15 is 0 Å². The molecular formula is C40H26N4O. The standard InChI is InChI=1S/C40H26N4O/c1-3-12-26(13-4-1)31-21-22-32(35-36-34(45-37(31)35)24-29-17-9-10-18-33(29)41-36)40-43-38(27-14-5-2-6-15-27)42-39(44-40)30-20-19-25-11-7-8-16-28(25)23-30/h1-24,40H,(H,42,43,44). The second-order valence-electron chi connectivity index (χ2n) is 11.3. The van der Waals surface area contributed by atoms with Gasteiger partial charge in [-0.1, -0.05) is 127 Å². The van der Waals surface area contributed by atoms with Crippen LogP contribution in [0.3, 0.4) is 0 Å². The summed E-state index contributed by atoms with van der Waals surface area (Å²) in [5.74, 6) is 1.44. The third kappa shape index (κ3) is 4.36. The fourth-order valence-corrected chi connectivity index (χ4v) is 6.29. The maximum Gasteiger partial charge on any atom is 0.159 e. The second kappa shape index (κ2) is 10.3. The lowest BCUT2D eigenvalue weighted by atomic mass is 9.97. The Kier molecular flexibility index (Phi) is 5.81. The van der Waals surface area contributed by atoms with Crippen molar-refractivity contribution in [2.75, 3.05) is 0 Å². The second-order valence-corrected chi connectivity index (χ2v) is 11.3. The van der Waals surface area contributed by atoms with Gasteiger partial charge in [-0.3, -0.25) is 0 Å². The molecule has 1 aliphatic rings. The summed E-state index contributed by atoms with van der Waals surface area (Å²) in [4.78, 5) is 15.5. The first-order valence-corrected chi connectivity index (χ1v) is 15.1. The lowest BCUT2D eigenvalue weighted by Crippen LogP contribution is -2.33. The number of nitrogens with zero attached hydrogens (tertiary/aromatic N) is 3. The maximum absolute atomic E-state index is 6.68. The summed E-state index contributed by atoms with van der Waals surface area (Å²) in [6.45, 7) is 0. The predicted molar refractivity (Wildman–Crippen MR) is 184 cm³/mol. The normalized spacial score (nSPS) is 14.9. The molecule has 5 heteroatoms. The van der Waals surface area contributed by atoms with Gasteiger partial charge >= 0.3 is 0 Å². The number of pyridine rings is 1. The summed E-state index contributed by atoms with van der Waals surface area (Å²) in [7, 11) is 0. The van der Waals surface area contributed by atoms with Crippen molar-refractivity contribution in [3.8, 4) is 11.1 Å². The number of fused-ring (bicyclic) bond motifs is 5. The molecule has 0 saturated heterocycles. The number of amidine groups is 2. The van der Waals surface area contributed by atoms with Gasteiger partial charge < -0.3 is 9.73 Å². The van der Waals surface area contributed by atoms with Gasteiger partial charge in [0.15, 0.2) is 11.4 Å². The number of benzene rings is 6. The highest BCUT2D eigenvalue weighted by Crippen LogP contribution is 2.41. The van der Waals surface area contributed by atoms with Gasteiger partial charge in [0.2, 0.25) is 0 Å². The van der Waals surface area contributed by atoms with Crippen LogP contribution >= 0.6 is 0 Å². The number of para-hydroxylation sites is 1. The highest BCUT2D eigenvalue weighted by atomic mass is 16.3. The number of aliphatic imine (C=N–C) groups is 2. The zero-order chi connectivity index (χ0) is 29.7. The van der Waals surface area contributed by atoms with Gasteiger partial charge in [0, 0.05) is 27.6 Å². The lowest BCUT2D eigenvalue weighted by Gasteiger charge is -2.24. The molecule has 1 atom stereocenters. The number of aromatic nitrogens is 1. The SMILES string of the molecule is c1ccc(C2=NC(c3ccc4ccccc4c3)=NC(c3ccc(-c4ccccc4)c4oc5cc6ccccc6nc5c34)N2)cc1. The zero-order valence-electron chi connectivity index (χ0n) is 24.2. The van der Waals surface area contributed by atoms with Gasteiger partial charge in [-0.25, -0.2) is 15.0 Å². The summed E-state index contributed by atoms with van der Waals surface area (Å²) in [5, 5.41) is 7.98. The Morgan fingerprint density at radius 2 is 1.29 bits per heavy atom. The minimum Gasteiger partial charge on any atom is -0.454 e. The molecule has 212 valence electrons. The summed E-state index contributed by atoms with van der Waals surface area (Å²) in [6, 6.07) is 49.9. The monoisotopic (exact) mass is 578 g/mol. The molecule has 8 aromatic rings. The van der Waals surface area contributed by atoms with Gasteiger partial charge in [0.1, 0.15) is 23.1 Å². The van der Waals surface area contributed by atoms with Crippen LogP contribution in [0.2, 0.25) is 0 Å². The van der Waals surface area contributed by atoms with E-state index in [9.17, 15) is 0 Å². The van der Waals surface area contributed by atoms with Crippen LogP contribution in [-0.4, -0.2) is 16.7 Å². The van der Waals surface area contributed by atoms with Crippen molar-refractivity contribution in [1.82, 2.24) is 10.3 Å². The number of nitrogens with one attached hydrogen (secondary N) is 1. The van der Waals surface area contributed by atoms with Crippen LogP contribution in [0.1, 0.15) is 22.9 Å². The van der Waals surface area contributed by atoms with Crippen LogP contribution in [0, 0.1) is 0 Å². The lowest BCUT2D eigenvalue weighted by molar-refractivity contribution is 0.663. The highest BCUT2D eigenvalue weighted by molar-refractivity contribution is 6.15. The summed E-state index contributed by atoms with van der Waals surface area (Å²) < 4.78 is 6.68.